The molecule has 1 aliphatic rings. The lowest BCUT2D eigenvalue weighted by atomic mass is 10.0. The summed E-state index contributed by atoms with van der Waals surface area (Å²) in [4.78, 5) is 0. The molecule has 1 rings (SSSR count). The molecule has 5 nitrogen and oxygen atoms in total. The van der Waals surface area contributed by atoms with Crippen LogP contribution in [-0.4, -0.2) is 57.9 Å². The second-order valence-electron chi connectivity index (χ2n) is 12.1. The third-order valence-corrected chi connectivity index (χ3v) is 8.83. The first kappa shape index (κ1) is 38.7. The Kier molecular flexibility index (Phi) is 25.7. The van der Waals surface area contributed by atoms with Gasteiger partial charge in [0.15, 0.2) is 22.3 Å². The van der Waals surface area contributed by atoms with E-state index in [0.717, 1.165) is 32.1 Å². The topological polar surface area (TPSA) is 68.2 Å². The van der Waals surface area contributed by atoms with E-state index in [1.807, 2.05) is 0 Å². The lowest BCUT2D eigenvalue weighted by Gasteiger charge is -2.27. The number of aliphatic hydroxyl groups is 2. The Morgan fingerprint density at radius 3 is 1.39 bits per heavy atom. The maximum atomic E-state index is 10.3. The van der Waals surface area contributed by atoms with Gasteiger partial charge in [-0.15, -0.1) is 0 Å². The molecule has 0 radical (unpaired) electrons. The van der Waals surface area contributed by atoms with Crippen LogP contribution in [0.25, 0.3) is 0 Å². The zero-order valence-electron chi connectivity index (χ0n) is 26.6. The van der Waals surface area contributed by atoms with Crippen LogP contribution in [0.2, 0.25) is 0 Å². The van der Waals surface area contributed by atoms with E-state index in [1.165, 1.54) is 116 Å². The second kappa shape index (κ2) is 27.2. The van der Waals surface area contributed by atoms with Crippen molar-refractivity contribution in [1.29, 1.82) is 0 Å². The molecule has 41 heavy (non-hydrogen) atoms. The van der Waals surface area contributed by atoms with Crippen molar-refractivity contribution in [3.8, 4) is 0 Å². The van der Waals surface area contributed by atoms with Crippen molar-refractivity contribution in [3.63, 3.8) is 0 Å². The minimum atomic E-state index is -1.04. The van der Waals surface area contributed by atoms with Gasteiger partial charge in [-0.05, 0) is 37.3 Å². The molecule has 2 N–H and O–H groups in total. The fourth-order valence-corrected chi connectivity index (χ4v) is 6.11. The van der Waals surface area contributed by atoms with Crippen LogP contribution >= 0.6 is 24.4 Å². The molecule has 0 amide bonds. The SMILES string of the molecule is CCCCCCCCCCCCCC(=S)O[C@H]1[C@@H]([C@@H](O)CO)OC[C@H]1OC(=S)CCCCCCCCCCCCC. The van der Waals surface area contributed by atoms with Crippen molar-refractivity contribution in [2.45, 2.75) is 192 Å². The summed E-state index contributed by atoms with van der Waals surface area (Å²) in [5.74, 6) is 0. The highest BCUT2D eigenvalue weighted by Crippen LogP contribution is 2.26. The molecular formula is C34H64O5S2. The average Bonchev–Trinajstić information content (AvgIpc) is 3.35. The summed E-state index contributed by atoms with van der Waals surface area (Å²) in [6.07, 6.45) is 27.1. The minimum Gasteiger partial charge on any atom is -0.477 e. The van der Waals surface area contributed by atoms with Crippen LogP contribution in [0.3, 0.4) is 0 Å². The molecule has 0 aromatic carbocycles. The Hall–Kier alpha value is -0.340. The molecule has 1 aliphatic heterocycles. The maximum absolute atomic E-state index is 10.3. The van der Waals surface area contributed by atoms with Crippen LogP contribution in [0, 0.1) is 0 Å². The standard InChI is InChI=1S/C34H64O5S2/c1-3-5-7-9-11-13-15-17-19-21-23-25-31(40)38-30-28-37-33(29(36)27-35)34(30)39-32(41)26-24-22-20-18-16-14-12-10-8-6-4-2/h29-30,33-36H,3-28H2,1-2H3/t29-,30+,33+,34+/m0/s1. The van der Waals surface area contributed by atoms with E-state index in [4.69, 9.17) is 38.6 Å². The highest BCUT2D eigenvalue weighted by Gasteiger charge is 2.45. The molecule has 1 fully saturated rings. The molecule has 7 heteroatoms. The summed E-state index contributed by atoms with van der Waals surface area (Å²) in [5, 5.41) is 20.9. The van der Waals surface area contributed by atoms with Crippen LogP contribution in [0.5, 0.6) is 0 Å². The molecular weight excluding hydrogens is 553 g/mol. The summed E-state index contributed by atoms with van der Waals surface area (Å²) in [6.45, 7) is 4.40. The van der Waals surface area contributed by atoms with Crippen LogP contribution in [-0.2, 0) is 14.2 Å². The predicted octanol–water partition coefficient (Wildman–Crippen LogP) is 9.57. The van der Waals surface area contributed by atoms with Crippen LogP contribution in [0.15, 0.2) is 0 Å². The van der Waals surface area contributed by atoms with Gasteiger partial charge in [0.05, 0.1) is 13.2 Å². The highest BCUT2D eigenvalue weighted by atomic mass is 32.1. The lowest BCUT2D eigenvalue weighted by Crippen LogP contribution is -2.44. The molecule has 4 atom stereocenters. The highest BCUT2D eigenvalue weighted by molar-refractivity contribution is 7.80. The van der Waals surface area contributed by atoms with Gasteiger partial charge in [-0.2, -0.15) is 0 Å². The summed E-state index contributed by atoms with van der Waals surface area (Å²) in [7, 11) is 0. The van der Waals surface area contributed by atoms with Gasteiger partial charge in [0, 0.05) is 12.8 Å². The minimum absolute atomic E-state index is 0.270. The first-order chi connectivity index (χ1) is 20.0. The monoisotopic (exact) mass is 616 g/mol. The average molecular weight is 617 g/mol. The summed E-state index contributed by atoms with van der Waals surface area (Å²) >= 11 is 11.1. The second-order valence-corrected chi connectivity index (χ2v) is 13.0. The maximum Gasteiger partial charge on any atom is 0.167 e. The van der Waals surface area contributed by atoms with Crippen LogP contribution in [0.4, 0.5) is 0 Å². The summed E-state index contributed by atoms with van der Waals surface area (Å²) < 4.78 is 18.0. The van der Waals surface area contributed by atoms with E-state index >= 15 is 0 Å². The van der Waals surface area contributed by atoms with E-state index in [-0.39, 0.29) is 6.61 Å². The van der Waals surface area contributed by atoms with E-state index in [1.54, 1.807) is 0 Å². The molecule has 0 aliphatic carbocycles. The van der Waals surface area contributed by atoms with E-state index in [9.17, 15) is 10.2 Å². The Bertz CT molecular complexity index is 632. The Morgan fingerprint density at radius 1 is 0.634 bits per heavy atom. The molecule has 1 saturated heterocycles. The van der Waals surface area contributed by atoms with Crippen molar-refractivity contribution in [2.75, 3.05) is 13.2 Å². The largest absolute Gasteiger partial charge is 0.477 e. The molecule has 0 aromatic heterocycles. The van der Waals surface area contributed by atoms with Gasteiger partial charge in [-0.25, -0.2) is 0 Å². The third kappa shape index (κ3) is 20.3. The van der Waals surface area contributed by atoms with Gasteiger partial charge < -0.3 is 24.4 Å². The Labute approximate surface area is 263 Å². The molecule has 0 saturated carbocycles. The van der Waals surface area contributed by atoms with Gasteiger partial charge in [-0.1, -0.05) is 142 Å². The number of rotatable bonds is 28. The number of hydrogen-bond acceptors (Lipinski definition) is 7. The Balaban J connectivity index is 2.24. The van der Waals surface area contributed by atoms with Crippen molar-refractivity contribution in [3.05, 3.63) is 0 Å². The fraction of sp³-hybridized carbons (Fsp3) is 0.941. The zero-order chi connectivity index (χ0) is 30.0. The van der Waals surface area contributed by atoms with Gasteiger partial charge >= 0.3 is 0 Å². The fourth-order valence-electron chi connectivity index (χ4n) is 5.59. The van der Waals surface area contributed by atoms with E-state index in [2.05, 4.69) is 13.8 Å². The molecule has 1 heterocycles. The van der Waals surface area contributed by atoms with Crippen LogP contribution < -0.4 is 0 Å². The molecule has 0 unspecified atom stereocenters. The molecule has 0 spiro atoms. The number of thiocarbonyl (C=S) groups is 2. The van der Waals surface area contributed by atoms with Gasteiger partial charge in [0.1, 0.15) is 12.2 Å². The number of ether oxygens (including phenoxy) is 3. The van der Waals surface area contributed by atoms with Crippen molar-refractivity contribution in [1.82, 2.24) is 0 Å². The third-order valence-electron chi connectivity index (χ3n) is 8.23. The van der Waals surface area contributed by atoms with E-state index in [0.29, 0.717) is 16.5 Å². The van der Waals surface area contributed by atoms with Crippen molar-refractivity contribution < 1.29 is 24.4 Å². The summed E-state index contributed by atoms with van der Waals surface area (Å²) in [6, 6.07) is 0. The molecule has 242 valence electrons. The Morgan fingerprint density at radius 2 is 1.00 bits per heavy atom. The first-order valence-corrected chi connectivity index (χ1v) is 18.1. The summed E-state index contributed by atoms with van der Waals surface area (Å²) in [5.41, 5.74) is 0. The van der Waals surface area contributed by atoms with Gasteiger partial charge in [0.2, 0.25) is 0 Å². The quantitative estimate of drug-likeness (QED) is 0.0670. The number of unbranched alkanes of at least 4 members (excludes halogenated alkanes) is 20. The van der Waals surface area contributed by atoms with Gasteiger partial charge in [-0.3, -0.25) is 0 Å². The predicted molar refractivity (Wildman–Crippen MR) is 180 cm³/mol. The number of hydrogen-bond donors (Lipinski definition) is 2. The lowest BCUT2D eigenvalue weighted by molar-refractivity contribution is -0.0639. The smallest absolute Gasteiger partial charge is 0.167 e. The number of aliphatic hydroxyl groups excluding tert-OH is 2. The first-order valence-electron chi connectivity index (χ1n) is 17.3. The van der Waals surface area contributed by atoms with Crippen molar-refractivity contribution in [2.24, 2.45) is 0 Å². The van der Waals surface area contributed by atoms with Crippen LogP contribution in [0.1, 0.15) is 168 Å². The molecule has 0 aromatic rings. The normalized spacial score (nSPS) is 19.4. The molecule has 0 bridgehead atoms. The van der Waals surface area contributed by atoms with Crippen molar-refractivity contribution >= 4 is 34.5 Å². The van der Waals surface area contributed by atoms with Gasteiger partial charge in [0.25, 0.3) is 0 Å². The van der Waals surface area contributed by atoms with E-state index < -0.39 is 31.0 Å². The zero-order valence-corrected chi connectivity index (χ0v) is 28.3.